The van der Waals surface area contributed by atoms with E-state index < -0.39 is 22.7 Å². The number of benzene rings is 5. The molecule has 5 rings (SSSR count). The number of aliphatic hydroxyl groups excluding tert-OH is 1. The lowest BCUT2D eigenvalue weighted by atomic mass is 10.2. The highest BCUT2D eigenvalue weighted by Crippen LogP contribution is 2.38. The molecule has 0 amide bonds. The highest BCUT2D eigenvalue weighted by molar-refractivity contribution is 7.00. The molecule has 0 spiro atoms. The highest BCUT2D eigenvalue weighted by Gasteiger charge is 2.52. The summed E-state index contributed by atoms with van der Waals surface area (Å²) >= 11 is 0. The Morgan fingerprint density at radius 1 is 0.540 bits per heavy atom. The lowest BCUT2D eigenvalue weighted by Gasteiger charge is -2.44. The van der Waals surface area contributed by atoms with Crippen LogP contribution in [-0.4, -0.2) is 46.8 Å². The van der Waals surface area contributed by atoms with Crippen LogP contribution in [0.4, 0.5) is 0 Å². The average molecular weight is 702 g/mol. The normalized spacial score (nSPS) is 13.5. The Bertz CT molecular complexity index is 1690. The van der Waals surface area contributed by atoms with Crippen LogP contribution in [0.1, 0.15) is 47.1 Å². The molecule has 0 fully saturated rings. The topological polar surface area (TPSA) is 60.3 Å². The van der Waals surface area contributed by atoms with Gasteiger partial charge in [-0.05, 0) is 36.4 Å². The van der Waals surface area contributed by atoms with Crippen LogP contribution in [0.15, 0.2) is 157 Å². The molecule has 0 aliphatic carbocycles. The molecule has 5 aromatic carbocycles. The lowest BCUT2D eigenvalue weighted by Crippen LogP contribution is -2.68. The molecule has 5 nitrogen and oxygen atoms in total. The summed E-state index contributed by atoms with van der Waals surface area (Å²) in [6, 6.07) is 51.8. The van der Waals surface area contributed by atoms with Gasteiger partial charge in [-0.2, -0.15) is 0 Å². The van der Waals surface area contributed by atoms with Gasteiger partial charge in [0.05, 0.1) is 13.2 Å². The maximum absolute atomic E-state index is 12.1. The van der Waals surface area contributed by atoms with Gasteiger partial charge in [-0.25, -0.2) is 0 Å². The summed E-state index contributed by atoms with van der Waals surface area (Å²) in [7, 11) is -5.86. The van der Waals surface area contributed by atoms with Crippen molar-refractivity contribution in [3.05, 3.63) is 157 Å². The molecule has 260 valence electrons. The summed E-state index contributed by atoms with van der Waals surface area (Å²) in [6.45, 7) is 13.8. The molecule has 1 atom stereocenters. The third-order valence-corrected chi connectivity index (χ3v) is 19.4. The van der Waals surface area contributed by atoms with Gasteiger partial charge in [0.15, 0.2) is 0 Å². The molecule has 0 aliphatic rings. The van der Waals surface area contributed by atoms with Crippen LogP contribution < -0.4 is 20.7 Å². The van der Waals surface area contributed by atoms with E-state index in [0.29, 0.717) is 5.71 Å². The van der Waals surface area contributed by atoms with Gasteiger partial charge in [-0.15, -0.1) is 0 Å². The second-order valence-electron chi connectivity index (χ2n) is 14.8. The monoisotopic (exact) mass is 701 g/mol. The van der Waals surface area contributed by atoms with E-state index >= 15 is 0 Å². The summed E-state index contributed by atoms with van der Waals surface area (Å²) < 4.78 is 14.4. The minimum atomic E-state index is -2.94. The van der Waals surface area contributed by atoms with Gasteiger partial charge < -0.3 is 18.8 Å². The van der Waals surface area contributed by atoms with Crippen molar-refractivity contribution in [2.75, 3.05) is 13.2 Å². The van der Waals surface area contributed by atoms with Crippen LogP contribution in [0.5, 0.6) is 0 Å². The van der Waals surface area contributed by atoms with Crippen molar-refractivity contribution in [3.63, 3.8) is 0 Å². The summed E-state index contributed by atoms with van der Waals surface area (Å²) in [5, 5.41) is 20.8. The lowest BCUT2D eigenvalue weighted by molar-refractivity contribution is 0.110. The Balaban J connectivity index is 1.53. The summed E-state index contributed by atoms with van der Waals surface area (Å²) in [5.41, 5.74) is 1.38. The Hall–Kier alpha value is -4.12. The molecule has 0 heterocycles. The van der Waals surface area contributed by atoms with Gasteiger partial charge in [-0.1, -0.05) is 198 Å². The van der Waals surface area contributed by atoms with Crippen molar-refractivity contribution < 1.29 is 18.8 Å². The van der Waals surface area contributed by atoms with Crippen LogP contribution in [0.3, 0.4) is 0 Å². The average Bonchev–Trinajstić information content (AvgIpc) is 3.12. The summed E-state index contributed by atoms with van der Waals surface area (Å²) in [4.78, 5) is 5.95. The quantitative estimate of drug-likeness (QED) is 0.0765. The van der Waals surface area contributed by atoms with E-state index in [0.717, 1.165) is 26.3 Å². The van der Waals surface area contributed by atoms with Gasteiger partial charge in [0.1, 0.15) is 18.4 Å². The van der Waals surface area contributed by atoms with Crippen LogP contribution in [0.25, 0.3) is 0 Å². The maximum atomic E-state index is 12.1. The molecule has 0 aromatic heterocycles. The van der Waals surface area contributed by atoms with Crippen LogP contribution in [0, 0.1) is 0 Å². The standard InChI is InChI=1S/C43H51NO4Si2/c1-42(2,3)49(36-24-14-8-15-25-36,37-26-16-9-17-27-37)47-33-40(44-46-32-35-22-12-7-13-23-35)41(45)34-48-50(43(4,5)6,38-28-18-10-19-29-38)39-30-20-11-21-31-39/h7-31,41,45H,32-34H2,1-6H3/b44-40-. The van der Waals surface area contributed by atoms with Crippen LogP contribution >= 0.6 is 0 Å². The predicted molar refractivity (Wildman–Crippen MR) is 212 cm³/mol. The van der Waals surface area contributed by atoms with E-state index in [1.807, 2.05) is 54.6 Å². The molecule has 0 saturated carbocycles. The first-order valence-corrected chi connectivity index (χ1v) is 21.2. The number of hydrogen-bond donors (Lipinski definition) is 1. The fraction of sp³-hybridized carbons (Fsp3) is 0.279. The van der Waals surface area contributed by atoms with Crippen molar-refractivity contribution in [3.8, 4) is 0 Å². The number of oxime groups is 1. The zero-order valence-electron chi connectivity index (χ0n) is 30.3. The van der Waals surface area contributed by atoms with Crippen molar-refractivity contribution in [1.82, 2.24) is 0 Å². The second-order valence-corrected chi connectivity index (χ2v) is 23.4. The Kier molecular flexibility index (Phi) is 12.1. The van der Waals surface area contributed by atoms with Gasteiger partial charge in [-0.3, -0.25) is 0 Å². The first-order chi connectivity index (χ1) is 24.0. The number of aliphatic hydroxyl groups is 1. The smallest absolute Gasteiger partial charge is 0.261 e. The van der Waals surface area contributed by atoms with Crippen molar-refractivity contribution >= 4 is 43.1 Å². The van der Waals surface area contributed by atoms with E-state index in [2.05, 4.69) is 144 Å². The third-order valence-electron chi connectivity index (χ3n) is 9.37. The molecule has 5 aromatic rings. The predicted octanol–water partition coefficient (Wildman–Crippen LogP) is 7.07. The fourth-order valence-corrected chi connectivity index (χ4v) is 16.0. The summed E-state index contributed by atoms with van der Waals surface area (Å²) in [6.07, 6.45) is -1.08. The van der Waals surface area contributed by atoms with E-state index in [1.165, 1.54) is 0 Å². The molecule has 0 bridgehead atoms. The molecule has 7 heteroatoms. The van der Waals surface area contributed by atoms with E-state index in [9.17, 15) is 5.11 Å². The molecule has 1 unspecified atom stereocenters. The van der Waals surface area contributed by atoms with E-state index in [1.54, 1.807) is 0 Å². The molecule has 0 radical (unpaired) electrons. The summed E-state index contributed by atoms with van der Waals surface area (Å²) in [5.74, 6) is 0. The van der Waals surface area contributed by atoms with Crippen molar-refractivity contribution in [2.24, 2.45) is 5.16 Å². The largest absolute Gasteiger partial charge is 0.404 e. The van der Waals surface area contributed by atoms with E-state index in [-0.39, 0.29) is 29.9 Å². The second kappa shape index (κ2) is 16.3. The van der Waals surface area contributed by atoms with Gasteiger partial charge in [0, 0.05) is 0 Å². The minimum absolute atomic E-state index is 0.0327. The maximum Gasteiger partial charge on any atom is 0.261 e. The minimum Gasteiger partial charge on any atom is -0.404 e. The van der Waals surface area contributed by atoms with E-state index in [4.69, 9.17) is 13.7 Å². The van der Waals surface area contributed by atoms with Crippen LogP contribution in [-0.2, 0) is 20.3 Å². The molecule has 1 N–H and O–H groups in total. The zero-order valence-corrected chi connectivity index (χ0v) is 32.3. The third kappa shape index (κ3) is 8.09. The molecule has 50 heavy (non-hydrogen) atoms. The van der Waals surface area contributed by atoms with Gasteiger partial charge in [0.2, 0.25) is 0 Å². The number of nitrogens with zero attached hydrogens (tertiary/aromatic N) is 1. The number of rotatable bonds is 14. The Labute approximate surface area is 300 Å². The molecular formula is C43H51NO4Si2. The zero-order chi connectivity index (χ0) is 35.7. The first kappa shape index (κ1) is 37.1. The Morgan fingerprint density at radius 3 is 1.24 bits per heavy atom. The van der Waals surface area contributed by atoms with Crippen LogP contribution in [0.2, 0.25) is 10.1 Å². The molecule has 0 aliphatic heterocycles. The van der Waals surface area contributed by atoms with Crippen molar-refractivity contribution in [2.45, 2.75) is 64.3 Å². The van der Waals surface area contributed by atoms with Gasteiger partial charge >= 0.3 is 0 Å². The number of hydrogen-bond acceptors (Lipinski definition) is 5. The van der Waals surface area contributed by atoms with Gasteiger partial charge in [0.25, 0.3) is 16.6 Å². The van der Waals surface area contributed by atoms with Crippen molar-refractivity contribution in [1.29, 1.82) is 0 Å². The first-order valence-electron chi connectivity index (χ1n) is 17.4. The fourth-order valence-electron chi connectivity index (χ4n) is 6.95. The SMILES string of the molecule is CC(C)(C)[Si](OC/C(=N/OCc1ccccc1)C(O)CO[Si](c1ccccc1)(c1ccccc1)C(C)(C)C)(c1ccccc1)c1ccccc1. The molecule has 0 saturated heterocycles. The Morgan fingerprint density at radius 2 is 0.880 bits per heavy atom. The highest BCUT2D eigenvalue weighted by atomic mass is 28.4. The molecular weight excluding hydrogens is 651 g/mol.